The van der Waals surface area contributed by atoms with Crippen LogP contribution in [0, 0.1) is 0 Å². The second-order valence-electron chi connectivity index (χ2n) is 8.99. The Hall–Kier alpha value is -3.98. The number of hydrogen-bond donors (Lipinski definition) is 2. The Morgan fingerprint density at radius 1 is 1.00 bits per heavy atom. The lowest BCUT2D eigenvalue weighted by molar-refractivity contribution is -0.120. The minimum Gasteiger partial charge on any atom is -0.450 e. The van der Waals surface area contributed by atoms with E-state index in [9.17, 15) is 14.4 Å². The van der Waals surface area contributed by atoms with Gasteiger partial charge in [0.1, 0.15) is 0 Å². The molecule has 0 saturated carbocycles. The molecule has 0 unspecified atom stereocenters. The maximum Gasteiger partial charge on any atom is 0.411 e. The lowest BCUT2D eigenvalue weighted by atomic mass is 10.1. The molecule has 2 amide bonds. The molecule has 1 aromatic heterocycles. The van der Waals surface area contributed by atoms with Crippen molar-refractivity contribution in [2.75, 3.05) is 39.1 Å². The first-order chi connectivity index (χ1) is 17.8. The van der Waals surface area contributed by atoms with E-state index >= 15 is 0 Å². The Bertz CT molecular complexity index is 1240. The molecule has 1 heterocycles. The fourth-order valence-corrected chi connectivity index (χ4v) is 3.74. The zero-order chi connectivity index (χ0) is 26.6. The van der Waals surface area contributed by atoms with Crippen LogP contribution in [0.5, 0.6) is 0 Å². The number of rotatable bonds is 12. The first kappa shape index (κ1) is 27.6. The lowest BCUT2D eigenvalue weighted by Crippen LogP contribution is -2.26. The maximum atomic E-state index is 12.5. The van der Waals surface area contributed by atoms with E-state index in [0.29, 0.717) is 24.3 Å². The molecule has 0 atom stereocenters. The SMILES string of the molecule is CCOC(=O)Nc1cccc(Cn2nc(-c3ccc(CC(=O)NCCCCN(C)C)cc3)ccc2=O)c1. The summed E-state index contributed by atoms with van der Waals surface area (Å²) in [6.07, 6.45) is 1.79. The van der Waals surface area contributed by atoms with E-state index < -0.39 is 6.09 Å². The molecular weight excluding hydrogens is 470 g/mol. The molecule has 3 rings (SSSR count). The summed E-state index contributed by atoms with van der Waals surface area (Å²) in [6.45, 7) is 3.96. The number of anilines is 1. The van der Waals surface area contributed by atoms with Crippen molar-refractivity contribution in [3.63, 3.8) is 0 Å². The first-order valence-electron chi connectivity index (χ1n) is 12.5. The number of nitrogens with one attached hydrogen (secondary N) is 2. The number of carbonyl (C=O) groups excluding carboxylic acids is 2. The molecule has 2 N–H and O–H groups in total. The predicted octanol–water partition coefficient (Wildman–Crippen LogP) is 3.53. The van der Waals surface area contributed by atoms with Gasteiger partial charge in [0, 0.05) is 23.9 Å². The third-order valence-electron chi connectivity index (χ3n) is 5.62. The van der Waals surface area contributed by atoms with Crippen molar-refractivity contribution in [2.24, 2.45) is 0 Å². The van der Waals surface area contributed by atoms with Crippen LogP contribution in [0.1, 0.15) is 30.9 Å². The van der Waals surface area contributed by atoms with Crippen LogP contribution >= 0.6 is 0 Å². The number of amides is 2. The van der Waals surface area contributed by atoms with Gasteiger partial charge in [-0.15, -0.1) is 0 Å². The molecule has 37 heavy (non-hydrogen) atoms. The monoisotopic (exact) mass is 505 g/mol. The number of unbranched alkanes of at least 4 members (excludes halogenated alkanes) is 1. The van der Waals surface area contributed by atoms with Crippen LogP contribution < -0.4 is 16.2 Å². The van der Waals surface area contributed by atoms with Crippen LogP contribution in [0.15, 0.2) is 65.5 Å². The molecule has 196 valence electrons. The highest BCUT2D eigenvalue weighted by molar-refractivity contribution is 5.84. The molecule has 0 spiro atoms. The van der Waals surface area contributed by atoms with Crippen molar-refractivity contribution in [1.29, 1.82) is 0 Å². The van der Waals surface area contributed by atoms with Crippen LogP contribution in [0.4, 0.5) is 10.5 Å². The molecule has 0 aliphatic heterocycles. The van der Waals surface area contributed by atoms with Gasteiger partial charge in [0.05, 0.1) is 25.3 Å². The van der Waals surface area contributed by atoms with Gasteiger partial charge in [-0.3, -0.25) is 14.9 Å². The van der Waals surface area contributed by atoms with Gasteiger partial charge in [-0.1, -0.05) is 36.4 Å². The Balaban J connectivity index is 1.61. The number of nitrogens with zero attached hydrogens (tertiary/aromatic N) is 3. The summed E-state index contributed by atoms with van der Waals surface area (Å²) in [5.74, 6) is 0.00366. The molecule has 2 aromatic carbocycles. The fraction of sp³-hybridized carbons (Fsp3) is 0.357. The minimum atomic E-state index is -0.530. The topological polar surface area (TPSA) is 106 Å². The summed E-state index contributed by atoms with van der Waals surface area (Å²) in [5.41, 5.74) is 3.56. The van der Waals surface area contributed by atoms with Crippen molar-refractivity contribution in [2.45, 2.75) is 32.7 Å². The third kappa shape index (κ3) is 9.20. The van der Waals surface area contributed by atoms with Gasteiger partial charge >= 0.3 is 6.09 Å². The summed E-state index contributed by atoms with van der Waals surface area (Å²) in [6, 6.07) is 18.0. The van der Waals surface area contributed by atoms with E-state index in [1.54, 1.807) is 31.2 Å². The molecule has 0 aliphatic carbocycles. The van der Waals surface area contributed by atoms with Crippen LogP contribution in [-0.2, 0) is 22.5 Å². The summed E-state index contributed by atoms with van der Waals surface area (Å²) in [5, 5.41) is 10.2. The minimum absolute atomic E-state index is 0.00366. The highest BCUT2D eigenvalue weighted by Crippen LogP contribution is 2.17. The van der Waals surface area contributed by atoms with Crippen molar-refractivity contribution in [3.8, 4) is 11.3 Å². The van der Waals surface area contributed by atoms with Crippen molar-refractivity contribution in [3.05, 3.63) is 82.1 Å². The highest BCUT2D eigenvalue weighted by Gasteiger charge is 2.08. The van der Waals surface area contributed by atoms with Gasteiger partial charge in [-0.25, -0.2) is 9.48 Å². The van der Waals surface area contributed by atoms with Crippen LogP contribution in [0.25, 0.3) is 11.3 Å². The molecule has 9 heteroatoms. The molecule has 0 saturated heterocycles. The Labute approximate surface area is 217 Å². The average molecular weight is 506 g/mol. The van der Waals surface area contributed by atoms with Crippen LogP contribution in [0.2, 0.25) is 0 Å². The van der Waals surface area contributed by atoms with Gasteiger partial charge in [0.2, 0.25) is 5.91 Å². The quantitative estimate of drug-likeness (QED) is 0.365. The summed E-state index contributed by atoms with van der Waals surface area (Å²) < 4.78 is 6.29. The molecule has 0 aliphatic rings. The molecule has 0 radical (unpaired) electrons. The maximum absolute atomic E-state index is 12.5. The van der Waals surface area contributed by atoms with Crippen molar-refractivity contribution >= 4 is 17.7 Å². The van der Waals surface area contributed by atoms with Crippen LogP contribution in [0.3, 0.4) is 0 Å². The van der Waals surface area contributed by atoms with E-state index in [1.807, 2.05) is 44.4 Å². The Morgan fingerprint density at radius 2 is 1.78 bits per heavy atom. The van der Waals surface area contributed by atoms with E-state index in [-0.39, 0.29) is 24.6 Å². The zero-order valence-electron chi connectivity index (χ0n) is 21.7. The zero-order valence-corrected chi connectivity index (χ0v) is 21.7. The number of ether oxygens (including phenoxy) is 1. The highest BCUT2D eigenvalue weighted by atomic mass is 16.5. The normalized spacial score (nSPS) is 10.8. The van der Waals surface area contributed by atoms with E-state index in [4.69, 9.17) is 4.74 Å². The Kier molecular flexibility index (Phi) is 10.4. The van der Waals surface area contributed by atoms with Crippen molar-refractivity contribution in [1.82, 2.24) is 20.0 Å². The van der Waals surface area contributed by atoms with Gasteiger partial charge in [-0.05, 0) is 69.7 Å². The van der Waals surface area contributed by atoms with Crippen molar-refractivity contribution < 1.29 is 14.3 Å². The molecule has 0 fully saturated rings. The predicted molar refractivity (Wildman–Crippen MR) is 145 cm³/mol. The lowest BCUT2D eigenvalue weighted by Gasteiger charge is -2.10. The number of carbonyl (C=O) groups is 2. The molecule has 0 bridgehead atoms. The summed E-state index contributed by atoms with van der Waals surface area (Å²) in [7, 11) is 4.08. The third-order valence-corrected chi connectivity index (χ3v) is 5.62. The summed E-state index contributed by atoms with van der Waals surface area (Å²) in [4.78, 5) is 38.5. The molecule has 3 aromatic rings. The van der Waals surface area contributed by atoms with E-state index in [0.717, 1.165) is 36.1 Å². The smallest absolute Gasteiger partial charge is 0.411 e. The molecule has 9 nitrogen and oxygen atoms in total. The fourth-order valence-electron chi connectivity index (χ4n) is 3.74. The Morgan fingerprint density at radius 3 is 2.51 bits per heavy atom. The van der Waals surface area contributed by atoms with Gasteiger partial charge in [0.25, 0.3) is 5.56 Å². The number of aromatic nitrogens is 2. The number of benzene rings is 2. The van der Waals surface area contributed by atoms with E-state index in [2.05, 4.69) is 20.6 Å². The van der Waals surface area contributed by atoms with Gasteiger partial charge in [-0.2, -0.15) is 5.10 Å². The van der Waals surface area contributed by atoms with Gasteiger partial charge < -0.3 is 15.0 Å². The first-order valence-corrected chi connectivity index (χ1v) is 12.5. The largest absolute Gasteiger partial charge is 0.450 e. The van der Waals surface area contributed by atoms with Gasteiger partial charge in [0.15, 0.2) is 0 Å². The van der Waals surface area contributed by atoms with E-state index in [1.165, 1.54) is 10.7 Å². The molecular formula is C28H35N5O4. The average Bonchev–Trinajstić information content (AvgIpc) is 2.86. The second-order valence-corrected chi connectivity index (χ2v) is 8.99. The number of hydrogen-bond acceptors (Lipinski definition) is 6. The second kappa shape index (κ2) is 13.9. The standard InChI is InChI=1S/C28H35N5O4/c1-4-37-28(36)30-24-9-7-8-22(18-24)20-33-27(35)15-14-25(31-33)23-12-10-21(11-13-23)19-26(34)29-16-5-6-17-32(2)3/h7-15,18H,4-6,16-17,19-20H2,1-3H3,(H,29,34)(H,30,36). The van der Waals surface area contributed by atoms with Crippen LogP contribution in [-0.4, -0.2) is 60.5 Å². The summed E-state index contributed by atoms with van der Waals surface area (Å²) >= 11 is 0.